The van der Waals surface area contributed by atoms with Gasteiger partial charge in [0.1, 0.15) is 17.9 Å². The first-order chi connectivity index (χ1) is 13.8. The largest absolute Gasteiger partial charge is 0.480 e. The lowest BCUT2D eigenvalue weighted by atomic mass is 10.0. The molecule has 0 saturated carbocycles. The van der Waals surface area contributed by atoms with E-state index in [0.717, 1.165) is 10.6 Å². The molecule has 0 radical (unpaired) electrons. The van der Waals surface area contributed by atoms with Gasteiger partial charge in [-0.25, -0.2) is 9.59 Å². The van der Waals surface area contributed by atoms with Crippen molar-refractivity contribution in [1.29, 1.82) is 0 Å². The van der Waals surface area contributed by atoms with Crippen molar-refractivity contribution in [1.82, 2.24) is 15.4 Å². The number of rotatable bonds is 4. The molecule has 2 aliphatic heterocycles. The molecule has 0 bridgehead atoms. The lowest BCUT2D eigenvalue weighted by Crippen LogP contribution is -2.53. The minimum atomic E-state index is -1.16. The van der Waals surface area contributed by atoms with E-state index >= 15 is 0 Å². The van der Waals surface area contributed by atoms with Gasteiger partial charge in [-0.05, 0) is 59.2 Å². The predicted octanol–water partition coefficient (Wildman–Crippen LogP) is 2.31. The van der Waals surface area contributed by atoms with Crippen LogP contribution < -0.4 is 15.5 Å². The summed E-state index contributed by atoms with van der Waals surface area (Å²) >= 11 is 0. The second-order valence-corrected chi connectivity index (χ2v) is 8.54. The molecule has 0 spiro atoms. The first-order valence-electron chi connectivity index (χ1n) is 9.49. The molecule has 30 heavy (non-hydrogen) atoms. The van der Waals surface area contributed by atoms with Crippen molar-refractivity contribution in [2.75, 3.05) is 10.2 Å². The Morgan fingerprint density at radius 2 is 1.87 bits per heavy atom. The fourth-order valence-electron chi connectivity index (χ4n) is 3.86. The van der Waals surface area contributed by atoms with Gasteiger partial charge in [-0.15, -0.1) is 0 Å². The Morgan fingerprint density at radius 3 is 2.47 bits per heavy atom. The molecule has 1 aromatic rings. The van der Waals surface area contributed by atoms with Crippen LogP contribution in [0.4, 0.5) is 21.0 Å². The molecule has 3 amide bonds. The summed E-state index contributed by atoms with van der Waals surface area (Å²) in [5, 5.41) is 27.1. The van der Waals surface area contributed by atoms with Gasteiger partial charge in [0.05, 0.1) is 11.2 Å². The Morgan fingerprint density at radius 1 is 1.23 bits per heavy atom. The van der Waals surface area contributed by atoms with Crippen LogP contribution in [0.3, 0.4) is 0 Å². The smallest absolute Gasteiger partial charge is 0.435 e. The normalized spacial score (nSPS) is 23.6. The van der Waals surface area contributed by atoms with Gasteiger partial charge in [0.15, 0.2) is 0 Å². The Kier molecular flexibility index (Phi) is 5.17. The molecule has 4 N–H and O–H groups in total. The summed E-state index contributed by atoms with van der Waals surface area (Å²) in [6.07, 6.45) is -1.23. The highest BCUT2D eigenvalue weighted by Crippen LogP contribution is 2.47. The van der Waals surface area contributed by atoms with Gasteiger partial charge in [-0.2, -0.15) is 5.06 Å². The number of nitrogens with zero attached hydrogens (tertiary/aromatic N) is 3. The van der Waals surface area contributed by atoms with Crippen molar-refractivity contribution < 1.29 is 29.5 Å². The quantitative estimate of drug-likeness (QED) is 0.582. The molecule has 2 unspecified atom stereocenters. The van der Waals surface area contributed by atoms with Crippen LogP contribution in [0.2, 0.25) is 0 Å². The fraction of sp³-hybridized carbons (Fsp3) is 0.526. The average molecular weight is 421 g/mol. The van der Waals surface area contributed by atoms with Gasteiger partial charge in [0.25, 0.3) is 0 Å². The highest BCUT2D eigenvalue weighted by atomic mass is 16.8. The standard InChI is InChI=1S/C19H27N5O6/c1-10-7-8-12(9-13(10)21-16(27)20-11(2)14(25)26)22-15-18(3,4)24(29)19(5,6)23(15)30-17(22)28/h7-9,11,15,29H,1-6H3,(H,25,26)(H2,20,21,27). The SMILES string of the molecule is Cc1ccc(N2C(=O)ON3C2C(C)(C)N(O)C3(C)C)cc1NC(=O)NC(C)C(=O)O. The number of carbonyl (C=O) groups excluding carboxylic acids is 2. The second kappa shape index (κ2) is 7.11. The van der Waals surface area contributed by atoms with E-state index in [2.05, 4.69) is 10.6 Å². The Bertz CT molecular complexity index is 901. The first kappa shape index (κ1) is 21.8. The molecule has 0 aromatic heterocycles. The van der Waals surface area contributed by atoms with Gasteiger partial charge in [0, 0.05) is 5.69 Å². The number of hydrogen-bond donors (Lipinski definition) is 4. The number of nitrogens with one attached hydrogen (secondary N) is 2. The maximum atomic E-state index is 12.7. The van der Waals surface area contributed by atoms with E-state index in [1.807, 2.05) is 0 Å². The maximum Gasteiger partial charge on any atom is 0.435 e. The first-order valence-corrected chi connectivity index (χ1v) is 9.49. The zero-order valence-electron chi connectivity index (χ0n) is 17.8. The van der Waals surface area contributed by atoms with Gasteiger partial charge in [-0.1, -0.05) is 11.1 Å². The number of amides is 3. The van der Waals surface area contributed by atoms with E-state index < -0.39 is 41.5 Å². The molecule has 1 aromatic carbocycles. The number of aliphatic carboxylic acids is 1. The molecule has 2 aliphatic rings. The Balaban J connectivity index is 1.91. The van der Waals surface area contributed by atoms with Crippen LogP contribution in [0.15, 0.2) is 18.2 Å². The predicted molar refractivity (Wildman–Crippen MR) is 107 cm³/mol. The maximum absolute atomic E-state index is 12.7. The number of carboxylic acids is 1. The summed E-state index contributed by atoms with van der Waals surface area (Å²) in [6.45, 7) is 10.2. The van der Waals surface area contributed by atoms with Crippen LogP contribution in [0.5, 0.6) is 0 Å². The van der Waals surface area contributed by atoms with Gasteiger partial charge in [-0.3, -0.25) is 9.69 Å². The average Bonchev–Trinajstić information content (AvgIpc) is 3.06. The van der Waals surface area contributed by atoms with Crippen LogP contribution >= 0.6 is 0 Å². The Hall–Kier alpha value is -2.89. The topological polar surface area (TPSA) is 135 Å². The van der Waals surface area contributed by atoms with Crippen LogP contribution in [-0.2, 0) is 9.63 Å². The molecule has 11 heteroatoms. The second-order valence-electron chi connectivity index (χ2n) is 8.54. The van der Waals surface area contributed by atoms with Crippen LogP contribution in [-0.4, -0.2) is 61.9 Å². The van der Waals surface area contributed by atoms with Gasteiger partial charge >= 0.3 is 18.1 Å². The lowest BCUT2D eigenvalue weighted by Gasteiger charge is -2.36. The minimum absolute atomic E-state index is 0.407. The summed E-state index contributed by atoms with van der Waals surface area (Å²) in [6, 6.07) is 3.30. The molecule has 2 heterocycles. The van der Waals surface area contributed by atoms with E-state index in [0.29, 0.717) is 11.4 Å². The molecule has 2 atom stereocenters. The molecular formula is C19H27N5O6. The highest BCUT2D eigenvalue weighted by molar-refractivity contribution is 5.95. The van der Waals surface area contributed by atoms with Crippen molar-refractivity contribution in [3.8, 4) is 0 Å². The fourth-order valence-corrected chi connectivity index (χ4v) is 3.86. The van der Waals surface area contributed by atoms with Crippen molar-refractivity contribution in [3.63, 3.8) is 0 Å². The summed E-state index contributed by atoms with van der Waals surface area (Å²) < 4.78 is 0. The van der Waals surface area contributed by atoms with E-state index in [9.17, 15) is 19.6 Å². The summed E-state index contributed by atoms with van der Waals surface area (Å²) in [5.41, 5.74) is -0.223. The number of hydrogen-bond acceptors (Lipinski definition) is 7. The number of carboxylic acid groups (broad SMARTS) is 1. The van der Waals surface area contributed by atoms with Crippen molar-refractivity contribution in [2.45, 2.75) is 65.0 Å². The summed E-state index contributed by atoms with van der Waals surface area (Å²) in [5.74, 6) is -1.16. The third kappa shape index (κ3) is 3.34. The number of benzene rings is 1. The molecule has 2 fully saturated rings. The molecule has 11 nitrogen and oxygen atoms in total. The molecular weight excluding hydrogens is 394 g/mol. The molecule has 164 valence electrons. The van der Waals surface area contributed by atoms with E-state index in [-0.39, 0.29) is 0 Å². The number of fused-ring (bicyclic) bond motifs is 1. The summed E-state index contributed by atoms with van der Waals surface area (Å²) in [7, 11) is 0. The Labute approximate surface area is 174 Å². The third-order valence-corrected chi connectivity index (χ3v) is 5.54. The van der Waals surface area contributed by atoms with Crippen LogP contribution in [0.1, 0.15) is 40.2 Å². The zero-order chi connectivity index (χ0) is 22.6. The number of urea groups is 1. The van der Waals surface area contributed by atoms with Crippen molar-refractivity contribution in [2.24, 2.45) is 0 Å². The lowest BCUT2D eigenvalue weighted by molar-refractivity contribution is -0.252. The number of aryl methyl sites for hydroxylation is 1. The van der Waals surface area contributed by atoms with E-state index in [1.165, 1.54) is 16.9 Å². The van der Waals surface area contributed by atoms with Crippen LogP contribution in [0.25, 0.3) is 0 Å². The monoisotopic (exact) mass is 421 g/mol. The number of carbonyl (C=O) groups is 3. The summed E-state index contributed by atoms with van der Waals surface area (Å²) in [4.78, 5) is 42.7. The molecule has 0 aliphatic carbocycles. The number of anilines is 2. The van der Waals surface area contributed by atoms with Crippen molar-refractivity contribution >= 4 is 29.5 Å². The van der Waals surface area contributed by atoms with Gasteiger partial charge < -0.3 is 25.8 Å². The number of hydroxylamine groups is 4. The molecule has 2 saturated heterocycles. The minimum Gasteiger partial charge on any atom is -0.480 e. The van der Waals surface area contributed by atoms with Crippen LogP contribution in [0, 0.1) is 6.92 Å². The van der Waals surface area contributed by atoms with Crippen molar-refractivity contribution in [3.05, 3.63) is 23.8 Å². The zero-order valence-corrected chi connectivity index (χ0v) is 17.8. The molecule has 3 rings (SSSR count). The highest BCUT2D eigenvalue weighted by Gasteiger charge is 2.66. The van der Waals surface area contributed by atoms with E-state index in [4.69, 9.17) is 9.94 Å². The van der Waals surface area contributed by atoms with E-state index in [1.54, 1.807) is 52.8 Å². The van der Waals surface area contributed by atoms with Gasteiger partial charge in [0.2, 0.25) is 0 Å². The third-order valence-electron chi connectivity index (χ3n) is 5.54.